The molecular formula is C18H20N2O3. The van der Waals surface area contributed by atoms with E-state index in [0.717, 1.165) is 18.6 Å². The molecule has 1 aromatic carbocycles. The Bertz CT molecular complexity index is 692. The number of furan rings is 1. The number of amides is 2. The number of nitrogens with zero attached hydrogens (tertiary/aromatic N) is 1. The van der Waals surface area contributed by atoms with E-state index in [4.69, 9.17) is 10.2 Å². The van der Waals surface area contributed by atoms with Gasteiger partial charge < -0.3 is 15.1 Å². The molecule has 0 bridgehead atoms. The Hall–Kier alpha value is -2.56. The average Bonchev–Trinajstić information content (AvgIpc) is 3.08. The third kappa shape index (κ3) is 3.13. The number of hydrogen-bond acceptors (Lipinski definition) is 3. The second-order valence-corrected chi connectivity index (χ2v) is 6.10. The summed E-state index contributed by atoms with van der Waals surface area (Å²) in [6.07, 6.45) is 3.50. The molecule has 23 heavy (non-hydrogen) atoms. The lowest BCUT2D eigenvalue weighted by Gasteiger charge is -2.37. The number of primary amides is 1. The van der Waals surface area contributed by atoms with Crippen molar-refractivity contribution >= 4 is 11.8 Å². The molecule has 0 aliphatic carbocycles. The first kappa shape index (κ1) is 15.3. The van der Waals surface area contributed by atoms with Crippen LogP contribution >= 0.6 is 0 Å². The van der Waals surface area contributed by atoms with E-state index >= 15 is 0 Å². The lowest BCUT2D eigenvalue weighted by Crippen LogP contribution is -2.40. The molecule has 0 unspecified atom stereocenters. The van der Waals surface area contributed by atoms with Gasteiger partial charge in [0.2, 0.25) is 5.91 Å². The first-order valence-electron chi connectivity index (χ1n) is 7.80. The van der Waals surface area contributed by atoms with Crippen LogP contribution in [0.1, 0.15) is 52.3 Å². The molecule has 1 aromatic heterocycles. The molecule has 0 saturated carbocycles. The van der Waals surface area contributed by atoms with Crippen LogP contribution in [0.5, 0.6) is 0 Å². The molecule has 1 fully saturated rings. The highest BCUT2D eigenvalue weighted by Crippen LogP contribution is 2.35. The van der Waals surface area contributed by atoms with E-state index in [0.29, 0.717) is 23.6 Å². The Kier molecular flexibility index (Phi) is 4.19. The first-order valence-corrected chi connectivity index (χ1v) is 7.80. The van der Waals surface area contributed by atoms with Gasteiger partial charge in [0.05, 0.1) is 12.3 Å². The number of nitrogens with two attached hydrogens (primary N) is 1. The third-order valence-electron chi connectivity index (χ3n) is 4.41. The highest BCUT2D eigenvalue weighted by atomic mass is 16.3. The minimum atomic E-state index is -0.496. The van der Waals surface area contributed by atoms with Crippen molar-refractivity contribution in [2.24, 2.45) is 11.7 Å². The molecular weight excluding hydrogens is 292 g/mol. The molecule has 2 N–H and O–H groups in total. The maximum Gasteiger partial charge on any atom is 0.254 e. The molecule has 5 nitrogen and oxygen atoms in total. The minimum absolute atomic E-state index is 0.0444. The highest BCUT2D eigenvalue weighted by molar-refractivity contribution is 5.97. The fourth-order valence-corrected chi connectivity index (χ4v) is 3.08. The molecule has 1 aliphatic rings. The van der Waals surface area contributed by atoms with E-state index in [9.17, 15) is 9.59 Å². The van der Waals surface area contributed by atoms with E-state index in [2.05, 4.69) is 6.92 Å². The molecule has 120 valence electrons. The Morgan fingerprint density at radius 3 is 2.48 bits per heavy atom. The van der Waals surface area contributed by atoms with Crippen LogP contribution in [-0.4, -0.2) is 23.3 Å². The van der Waals surface area contributed by atoms with Gasteiger partial charge in [-0.1, -0.05) is 6.92 Å². The summed E-state index contributed by atoms with van der Waals surface area (Å²) < 4.78 is 5.53. The van der Waals surface area contributed by atoms with Crippen molar-refractivity contribution in [3.63, 3.8) is 0 Å². The van der Waals surface area contributed by atoms with Crippen molar-refractivity contribution in [1.29, 1.82) is 0 Å². The predicted molar refractivity (Wildman–Crippen MR) is 85.8 cm³/mol. The molecule has 0 radical (unpaired) electrons. The molecule has 2 atom stereocenters. The molecule has 0 spiro atoms. The van der Waals surface area contributed by atoms with Crippen LogP contribution in [0.3, 0.4) is 0 Å². The maximum atomic E-state index is 12.9. The van der Waals surface area contributed by atoms with Crippen molar-refractivity contribution < 1.29 is 14.0 Å². The Labute approximate surface area is 135 Å². The SMILES string of the molecule is C[C@H]1CCN(C(=O)c2ccc(C(N)=O)cc2)[C@H](c2ccco2)C1. The largest absolute Gasteiger partial charge is 0.467 e. The summed E-state index contributed by atoms with van der Waals surface area (Å²) in [6.45, 7) is 2.89. The molecule has 2 amide bonds. The zero-order valence-electron chi connectivity index (χ0n) is 13.1. The van der Waals surface area contributed by atoms with E-state index in [1.165, 1.54) is 0 Å². The highest BCUT2D eigenvalue weighted by Gasteiger charge is 2.33. The molecule has 2 heterocycles. The summed E-state index contributed by atoms with van der Waals surface area (Å²) in [6, 6.07) is 10.2. The number of rotatable bonds is 3. The molecule has 5 heteroatoms. The van der Waals surface area contributed by atoms with Gasteiger partial charge in [0.15, 0.2) is 0 Å². The number of carbonyl (C=O) groups is 2. The van der Waals surface area contributed by atoms with Gasteiger partial charge in [-0.15, -0.1) is 0 Å². The van der Waals surface area contributed by atoms with Gasteiger partial charge in [-0.25, -0.2) is 0 Å². The van der Waals surface area contributed by atoms with E-state index in [1.807, 2.05) is 17.0 Å². The summed E-state index contributed by atoms with van der Waals surface area (Å²) in [4.78, 5) is 25.9. The van der Waals surface area contributed by atoms with E-state index in [1.54, 1.807) is 30.5 Å². The Morgan fingerprint density at radius 1 is 1.17 bits per heavy atom. The van der Waals surface area contributed by atoms with Crippen LogP contribution in [0, 0.1) is 5.92 Å². The summed E-state index contributed by atoms with van der Waals surface area (Å²) in [5, 5.41) is 0. The zero-order valence-corrected chi connectivity index (χ0v) is 13.1. The summed E-state index contributed by atoms with van der Waals surface area (Å²) >= 11 is 0. The normalized spacial score (nSPS) is 21.2. The Morgan fingerprint density at radius 2 is 1.87 bits per heavy atom. The average molecular weight is 312 g/mol. The zero-order chi connectivity index (χ0) is 16.4. The molecule has 1 aliphatic heterocycles. The molecule has 1 saturated heterocycles. The fourth-order valence-electron chi connectivity index (χ4n) is 3.08. The minimum Gasteiger partial charge on any atom is -0.467 e. The van der Waals surface area contributed by atoms with Gasteiger partial charge in [0.25, 0.3) is 5.91 Å². The number of hydrogen-bond donors (Lipinski definition) is 1. The van der Waals surface area contributed by atoms with Crippen molar-refractivity contribution in [3.8, 4) is 0 Å². The van der Waals surface area contributed by atoms with Crippen LogP contribution in [0.4, 0.5) is 0 Å². The molecule has 3 rings (SSSR count). The van der Waals surface area contributed by atoms with Gasteiger partial charge >= 0.3 is 0 Å². The van der Waals surface area contributed by atoms with Crippen LogP contribution in [0.15, 0.2) is 47.1 Å². The number of likely N-dealkylation sites (tertiary alicyclic amines) is 1. The summed E-state index contributed by atoms with van der Waals surface area (Å²) in [5.41, 5.74) is 6.19. The van der Waals surface area contributed by atoms with Crippen LogP contribution < -0.4 is 5.73 Å². The second-order valence-electron chi connectivity index (χ2n) is 6.10. The van der Waals surface area contributed by atoms with Gasteiger partial charge in [-0.05, 0) is 55.2 Å². The summed E-state index contributed by atoms with van der Waals surface area (Å²) in [7, 11) is 0. The number of carbonyl (C=O) groups excluding carboxylic acids is 2. The van der Waals surface area contributed by atoms with Gasteiger partial charge in [-0.2, -0.15) is 0 Å². The maximum absolute atomic E-state index is 12.9. The lowest BCUT2D eigenvalue weighted by atomic mass is 9.90. The number of piperidine rings is 1. The van der Waals surface area contributed by atoms with Crippen LogP contribution in [0.2, 0.25) is 0 Å². The van der Waals surface area contributed by atoms with Crippen molar-refractivity contribution in [2.75, 3.05) is 6.54 Å². The number of benzene rings is 1. The summed E-state index contributed by atoms with van der Waals surface area (Å²) in [5.74, 6) is 0.823. The van der Waals surface area contributed by atoms with E-state index in [-0.39, 0.29) is 11.9 Å². The van der Waals surface area contributed by atoms with Gasteiger partial charge in [0, 0.05) is 17.7 Å². The molecule has 2 aromatic rings. The van der Waals surface area contributed by atoms with E-state index < -0.39 is 5.91 Å². The quantitative estimate of drug-likeness (QED) is 0.946. The second kappa shape index (κ2) is 6.28. The third-order valence-corrected chi connectivity index (χ3v) is 4.41. The van der Waals surface area contributed by atoms with Gasteiger partial charge in [0.1, 0.15) is 5.76 Å². The monoisotopic (exact) mass is 312 g/mol. The van der Waals surface area contributed by atoms with Crippen molar-refractivity contribution in [1.82, 2.24) is 4.90 Å². The predicted octanol–water partition coefficient (Wildman–Crippen LogP) is 2.99. The van der Waals surface area contributed by atoms with Crippen LogP contribution in [0.25, 0.3) is 0 Å². The standard InChI is InChI=1S/C18H20N2O3/c1-12-8-9-20(15(11-12)16-3-2-10-23-16)18(22)14-6-4-13(5-7-14)17(19)21/h2-7,10,12,15H,8-9,11H2,1H3,(H2,19,21)/t12-,15-/m0/s1. The fraction of sp³-hybridized carbons (Fsp3) is 0.333. The first-order chi connectivity index (χ1) is 11.1. The Balaban J connectivity index is 1.85. The van der Waals surface area contributed by atoms with Crippen LogP contribution in [-0.2, 0) is 0 Å². The topological polar surface area (TPSA) is 76.5 Å². The van der Waals surface area contributed by atoms with Gasteiger partial charge in [-0.3, -0.25) is 9.59 Å². The van der Waals surface area contributed by atoms with Crippen molar-refractivity contribution in [3.05, 3.63) is 59.5 Å². The van der Waals surface area contributed by atoms with Crippen molar-refractivity contribution in [2.45, 2.75) is 25.8 Å². The lowest BCUT2D eigenvalue weighted by molar-refractivity contribution is 0.0520. The smallest absolute Gasteiger partial charge is 0.254 e.